The number of benzene rings is 1. The summed E-state index contributed by atoms with van der Waals surface area (Å²) < 4.78 is 46.8. The van der Waals surface area contributed by atoms with E-state index < -0.39 is 27.5 Å². The van der Waals surface area contributed by atoms with Crippen LogP contribution in [0.1, 0.15) is 43.3 Å². The Hall–Kier alpha value is -2.47. The number of halogens is 2. The maximum absolute atomic E-state index is 14.5. The van der Waals surface area contributed by atoms with Crippen molar-refractivity contribution in [3.63, 3.8) is 0 Å². The maximum Gasteiger partial charge on any atom is 0.407 e. The van der Waals surface area contributed by atoms with Gasteiger partial charge in [0.2, 0.25) is 10.0 Å². The number of aliphatic hydroxyl groups excluding tert-OH is 1. The predicted octanol–water partition coefficient (Wildman–Crippen LogP) is 3.56. The highest BCUT2D eigenvalue weighted by molar-refractivity contribution is 7.89. The van der Waals surface area contributed by atoms with Crippen molar-refractivity contribution in [1.82, 2.24) is 19.4 Å². The molecular weight excluding hydrogens is 499 g/mol. The lowest BCUT2D eigenvalue weighted by molar-refractivity contribution is 0.0534. The van der Waals surface area contributed by atoms with E-state index in [1.165, 1.54) is 30.9 Å². The van der Waals surface area contributed by atoms with E-state index in [0.29, 0.717) is 28.9 Å². The average Bonchev–Trinajstić information content (AvgIpc) is 3.00. The highest BCUT2D eigenvalue weighted by atomic mass is 35.5. The van der Waals surface area contributed by atoms with Crippen molar-refractivity contribution < 1.29 is 27.4 Å². The third kappa shape index (κ3) is 7.76. The first-order chi connectivity index (χ1) is 16.2. The summed E-state index contributed by atoms with van der Waals surface area (Å²) in [6.45, 7) is 6.25. The fourth-order valence-electron chi connectivity index (χ4n) is 3.24. The molecule has 1 aromatic heterocycles. The van der Waals surface area contributed by atoms with Crippen LogP contribution >= 0.6 is 11.6 Å². The van der Waals surface area contributed by atoms with Gasteiger partial charge in [-0.25, -0.2) is 21.9 Å². The molecule has 0 saturated carbocycles. The van der Waals surface area contributed by atoms with Gasteiger partial charge in [-0.3, -0.25) is 4.68 Å². The molecule has 194 valence electrons. The van der Waals surface area contributed by atoms with Gasteiger partial charge in [-0.2, -0.15) is 5.10 Å². The number of aliphatic hydroxyl groups is 1. The minimum atomic E-state index is -3.69. The third-order valence-corrected chi connectivity index (χ3v) is 7.22. The lowest BCUT2D eigenvalue weighted by atomic mass is 10.0. The standard InChI is InChI=1S/C23H32ClFN4O5S/c1-15-18(11-16-7-8-21(19(24)12-16)35(32,33)28(5)6)20(14-30)29(27-15)13-17(25)9-10-26-22(31)34-23(2,3)4/h7-9,12,30H,10-11,13-14H2,1-6H3,(H,26,31)/b17-9-. The van der Waals surface area contributed by atoms with Crippen LogP contribution in [0, 0.1) is 6.92 Å². The Balaban J connectivity index is 2.17. The molecule has 0 aliphatic rings. The number of carbonyl (C=O) groups excluding carboxylic acids is 1. The molecular formula is C23H32ClFN4O5S. The smallest absolute Gasteiger partial charge is 0.407 e. The number of hydrogen-bond acceptors (Lipinski definition) is 6. The van der Waals surface area contributed by atoms with Crippen LogP contribution in [-0.4, -0.2) is 59.9 Å². The van der Waals surface area contributed by atoms with Gasteiger partial charge < -0.3 is 15.2 Å². The zero-order valence-corrected chi connectivity index (χ0v) is 22.3. The molecule has 0 fully saturated rings. The topological polar surface area (TPSA) is 114 Å². The molecule has 1 amide bonds. The van der Waals surface area contributed by atoms with E-state index in [2.05, 4.69) is 10.4 Å². The average molecular weight is 531 g/mol. The second kappa shape index (κ2) is 11.5. The molecule has 0 atom stereocenters. The summed E-state index contributed by atoms with van der Waals surface area (Å²) in [6, 6.07) is 4.63. The number of sulfonamides is 1. The van der Waals surface area contributed by atoms with Gasteiger partial charge >= 0.3 is 6.09 Å². The second-order valence-corrected chi connectivity index (χ2v) is 11.6. The zero-order valence-electron chi connectivity index (χ0n) is 20.7. The second-order valence-electron chi connectivity index (χ2n) is 9.09. The van der Waals surface area contributed by atoms with Gasteiger partial charge in [-0.05, 0) is 51.5 Å². The molecule has 1 aromatic carbocycles. The number of aryl methyl sites for hydroxylation is 1. The highest BCUT2D eigenvalue weighted by Crippen LogP contribution is 2.27. The molecule has 0 spiro atoms. The molecule has 2 N–H and O–H groups in total. The lowest BCUT2D eigenvalue weighted by Gasteiger charge is -2.19. The van der Waals surface area contributed by atoms with E-state index in [9.17, 15) is 22.7 Å². The van der Waals surface area contributed by atoms with Gasteiger partial charge in [0, 0.05) is 32.6 Å². The molecule has 1 heterocycles. The molecule has 0 unspecified atom stereocenters. The molecule has 0 saturated heterocycles. The molecule has 0 aliphatic heterocycles. The van der Waals surface area contributed by atoms with E-state index in [0.717, 1.165) is 4.31 Å². The van der Waals surface area contributed by atoms with Crippen molar-refractivity contribution in [3.8, 4) is 0 Å². The van der Waals surface area contributed by atoms with Gasteiger partial charge in [-0.15, -0.1) is 0 Å². The summed E-state index contributed by atoms with van der Waals surface area (Å²) >= 11 is 6.25. The number of rotatable bonds is 9. The zero-order chi connectivity index (χ0) is 26.6. The highest BCUT2D eigenvalue weighted by Gasteiger charge is 2.22. The van der Waals surface area contributed by atoms with Crippen molar-refractivity contribution in [1.29, 1.82) is 0 Å². The van der Waals surface area contributed by atoms with Crippen LogP contribution in [0.25, 0.3) is 0 Å². The lowest BCUT2D eigenvalue weighted by Crippen LogP contribution is -2.32. The van der Waals surface area contributed by atoms with Crippen LogP contribution in [-0.2, 0) is 34.3 Å². The molecule has 9 nitrogen and oxygen atoms in total. The Morgan fingerprint density at radius 1 is 1.34 bits per heavy atom. The summed E-state index contributed by atoms with van der Waals surface area (Å²) in [4.78, 5) is 11.7. The monoisotopic (exact) mass is 530 g/mol. The normalized spacial score (nSPS) is 12.8. The summed E-state index contributed by atoms with van der Waals surface area (Å²) in [5.41, 5.74) is 1.76. The van der Waals surface area contributed by atoms with Crippen molar-refractivity contribution in [2.24, 2.45) is 0 Å². The predicted molar refractivity (Wildman–Crippen MR) is 131 cm³/mol. The van der Waals surface area contributed by atoms with Crippen molar-refractivity contribution in [2.45, 2.75) is 57.8 Å². The minimum Gasteiger partial charge on any atom is -0.444 e. The summed E-state index contributed by atoms with van der Waals surface area (Å²) in [7, 11) is -0.842. The SMILES string of the molecule is Cc1nn(C/C(F)=C/CNC(=O)OC(C)(C)C)c(CO)c1Cc1ccc(S(=O)(=O)N(C)C)c(Cl)c1. The van der Waals surface area contributed by atoms with Crippen molar-refractivity contribution >= 4 is 27.7 Å². The number of carbonyl (C=O) groups is 1. The van der Waals surface area contributed by atoms with E-state index >= 15 is 0 Å². The van der Waals surface area contributed by atoms with E-state index in [1.54, 1.807) is 39.8 Å². The molecule has 0 aliphatic carbocycles. The number of aromatic nitrogens is 2. The van der Waals surface area contributed by atoms with Crippen LogP contribution in [0.2, 0.25) is 5.02 Å². The quantitative estimate of drug-likeness (QED) is 0.512. The Kier molecular flexibility index (Phi) is 9.46. The fraction of sp³-hybridized carbons (Fsp3) is 0.478. The Morgan fingerprint density at radius 3 is 2.54 bits per heavy atom. The summed E-state index contributed by atoms with van der Waals surface area (Å²) in [5, 5.41) is 16.8. The van der Waals surface area contributed by atoms with Crippen LogP contribution in [0.3, 0.4) is 0 Å². The first-order valence-corrected chi connectivity index (χ1v) is 12.7. The number of nitrogens with one attached hydrogen (secondary N) is 1. The van der Waals surface area contributed by atoms with Crippen LogP contribution in [0.5, 0.6) is 0 Å². The van der Waals surface area contributed by atoms with Gasteiger partial charge in [0.15, 0.2) is 0 Å². The van der Waals surface area contributed by atoms with Crippen LogP contribution < -0.4 is 5.32 Å². The number of hydrogen-bond donors (Lipinski definition) is 2. The van der Waals surface area contributed by atoms with Crippen LogP contribution in [0.15, 0.2) is 35.0 Å². The third-order valence-electron chi connectivity index (χ3n) is 4.92. The maximum atomic E-state index is 14.5. The Bertz CT molecular complexity index is 1200. The first kappa shape index (κ1) is 28.8. The number of alkyl carbamates (subject to hydrolysis) is 1. The Labute approximate surface area is 210 Å². The van der Waals surface area contributed by atoms with Gasteiger partial charge in [0.1, 0.15) is 16.3 Å². The first-order valence-electron chi connectivity index (χ1n) is 10.8. The minimum absolute atomic E-state index is 0.00471. The van der Waals surface area contributed by atoms with Crippen LogP contribution in [0.4, 0.5) is 9.18 Å². The largest absolute Gasteiger partial charge is 0.444 e. The van der Waals surface area contributed by atoms with Gasteiger partial charge in [0.25, 0.3) is 0 Å². The van der Waals surface area contributed by atoms with Gasteiger partial charge in [0.05, 0.1) is 29.6 Å². The van der Waals surface area contributed by atoms with Crippen molar-refractivity contribution in [3.05, 3.63) is 57.6 Å². The van der Waals surface area contributed by atoms with Crippen molar-refractivity contribution in [2.75, 3.05) is 20.6 Å². The number of amides is 1. The fourth-order valence-corrected chi connectivity index (χ4v) is 4.67. The molecule has 0 radical (unpaired) electrons. The Morgan fingerprint density at radius 2 is 2.00 bits per heavy atom. The molecule has 2 aromatic rings. The van der Waals surface area contributed by atoms with Gasteiger partial charge in [-0.1, -0.05) is 17.7 Å². The molecule has 0 bridgehead atoms. The van der Waals surface area contributed by atoms with E-state index in [1.807, 2.05) is 0 Å². The summed E-state index contributed by atoms with van der Waals surface area (Å²) in [6.07, 6.45) is 0.860. The molecule has 2 rings (SSSR count). The number of ether oxygens (including phenoxy) is 1. The molecule has 35 heavy (non-hydrogen) atoms. The van der Waals surface area contributed by atoms with E-state index in [-0.39, 0.29) is 29.6 Å². The molecule has 12 heteroatoms. The van der Waals surface area contributed by atoms with E-state index in [4.69, 9.17) is 16.3 Å². The number of allylic oxidation sites excluding steroid dienone is 1. The number of nitrogens with zero attached hydrogens (tertiary/aromatic N) is 3. The summed E-state index contributed by atoms with van der Waals surface area (Å²) in [5.74, 6) is -0.550.